The Labute approximate surface area is 147 Å². The van der Waals surface area contributed by atoms with Gasteiger partial charge in [-0.05, 0) is 30.3 Å². The number of nitriles is 1. The molecule has 0 aromatic heterocycles. The molecule has 0 bridgehead atoms. The Hall–Kier alpha value is -3.06. The normalized spacial score (nSPS) is 11.5. The zero-order valence-corrected chi connectivity index (χ0v) is 13.9. The summed E-state index contributed by atoms with van der Waals surface area (Å²) < 4.78 is 63.7. The van der Waals surface area contributed by atoms with Crippen LogP contribution in [-0.2, 0) is 10.0 Å². The molecule has 1 amide bonds. The van der Waals surface area contributed by atoms with Gasteiger partial charge in [-0.15, -0.1) is 0 Å². The van der Waals surface area contributed by atoms with Crippen LogP contribution in [0.4, 0.5) is 18.9 Å². The number of amides is 1. The van der Waals surface area contributed by atoms with Crippen molar-refractivity contribution in [2.45, 2.75) is 11.1 Å². The number of carbonyl (C=O) groups is 1. The fourth-order valence-electron chi connectivity index (χ4n) is 1.98. The SMILES string of the molecule is N#Cc1cccc(S(=O)(=O)Nc2ccccc2C(=O)NCC(F)(F)F)c1. The van der Waals surface area contributed by atoms with E-state index in [1.807, 2.05) is 0 Å². The quantitative estimate of drug-likeness (QED) is 0.829. The molecule has 0 aliphatic rings. The van der Waals surface area contributed by atoms with Crippen LogP contribution in [0.3, 0.4) is 0 Å². The van der Waals surface area contributed by atoms with Crippen LogP contribution in [0.15, 0.2) is 53.4 Å². The Bertz CT molecular complexity index is 966. The molecule has 0 radical (unpaired) electrons. The summed E-state index contributed by atoms with van der Waals surface area (Å²) in [5.74, 6) is -1.08. The molecule has 2 N–H and O–H groups in total. The highest BCUT2D eigenvalue weighted by Gasteiger charge is 2.28. The molecule has 0 unspecified atom stereocenters. The standard InChI is InChI=1S/C16H12F3N3O3S/c17-16(18,19)10-21-15(23)13-6-1-2-7-14(13)22-26(24,25)12-5-3-4-11(8-12)9-20/h1-8,22H,10H2,(H,21,23). The Kier molecular flexibility index (Phi) is 5.52. The number of sulfonamides is 1. The monoisotopic (exact) mass is 383 g/mol. The molecule has 0 fully saturated rings. The van der Waals surface area contributed by atoms with E-state index in [0.717, 1.165) is 6.07 Å². The number of hydrogen-bond acceptors (Lipinski definition) is 4. The first-order chi connectivity index (χ1) is 12.1. The first kappa shape index (κ1) is 19.3. The van der Waals surface area contributed by atoms with E-state index in [1.54, 1.807) is 11.4 Å². The number of carbonyl (C=O) groups excluding carboxylic acids is 1. The van der Waals surface area contributed by atoms with E-state index in [-0.39, 0.29) is 21.7 Å². The van der Waals surface area contributed by atoms with Gasteiger partial charge in [-0.3, -0.25) is 9.52 Å². The molecule has 26 heavy (non-hydrogen) atoms. The molecule has 2 aromatic carbocycles. The number of hydrogen-bond donors (Lipinski definition) is 2. The van der Waals surface area contributed by atoms with Crippen LogP contribution in [0.25, 0.3) is 0 Å². The van der Waals surface area contributed by atoms with Crippen molar-refractivity contribution in [1.29, 1.82) is 5.26 Å². The first-order valence-electron chi connectivity index (χ1n) is 7.09. The number of para-hydroxylation sites is 1. The van der Waals surface area contributed by atoms with Gasteiger partial charge >= 0.3 is 6.18 Å². The van der Waals surface area contributed by atoms with E-state index in [1.165, 1.54) is 42.5 Å². The van der Waals surface area contributed by atoms with Crippen LogP contribution >= 0.6 is 0 Å². The van der Waals surface area contributed by atoms with Gasteiger partial charge in [0, 0.05) is 0 Å². The number of alkyl halides is 3. The van der Waals surface area contributed by atoms with Crippen LogP contribution < -0.4 is 10.0 Å². The highest BCUT2D eigenvalue weighted by atomic mass is 32.2. The molecule has 0 aliphatic carbocycles. The molecule has 0 saturated heterocycles. The van der Waals surface area contributed by atoms with Gasteiger partial charge < -0.3 is 5.32 Å². The van der Waals surface area contributed by atoms with E-state index < -0.39 is 28.7 Å². The van der Waals surface area contributed by atoms with Crippen molar-refractivity contribution in [2.75, 3.05) is 11.3 Å². The Morgan fingerprint density at radius 2 is 1.81 bits per heavy atom. The zero-order chi connectivity index (χ0) is 19.4. The lowest BCUT2D eigenvalue weighted by molar-refractivity contribution is -0.123. The molecular weight excluding hydrogens is 371 g/mol. The summed E-state index contributed by atoms with van der Waals surface area (Å²) in [7, 11) is -4.15. The van der Waals surface area contributed by atoms with Gasteiger partial charge in [0.1, 0.15) is 6.54 Å². The second-order valence-electron chi connectivity index (χ2n) is 5.09. The van der Waals surface area contributed by atoms with Crippen LogP contribution in [-0.4, -0.2) is 27.0 Å². The summed E-state index contributed by atoms with van der Waals surface area (Å²) in [6, 6.07) is 12.2. The lowest BCUT2D eigenvalue weighted by atomic mass is 10.1. The lowest BCUT2D eigenvalue weighted by Gasteiger charge is -2.13. The number of benzene rings is 2. The molecule has 2 rings (SSSR count). The number of rotatable bonds is 5. The van der Waals surface area contributed by atoms with Gasteiger partial charge in [0.25, 0.3) is 15.9 Å². The topological polar surface area (TPSA) is 99.1 Å². The van der Waals surface area contributed by atoms with Gasteiger partial charge in [-0.2, -0.15) is 18.4 Å². The van der Waals surface area contributed by atoms with Crippen molar-refractivity contribution in [3.05, 3.63) is 59.7 Å². The average molecular weight is 383 g/mol. The van der Waals surface area contributed by atoms with E-state index in [2.05, 4.69) is 4.72 Å². The third kappa shape index (κ3) is 4.97. The van der Waals surface area contributed by atoms with Crippen molar-refractivity contribution >= 4 is 21.6 Å². The number of nitrogens with one attached hydrogen (secondary N) is 2. The molecular formula is C16H12F3N3O3S. The molecule has 0 aliphatic heterocycles. The summed E-state index contributed by atoms with van der Waals surface area (Å²) in [6.07, 6.45) is -4.60. The van der Waals surface area contributed by atoms with Crippen molar-refractivity contribution in [3.8, 4) is 6.07 Å². The third-order valence-electron chi connectivity index (χ3n) is 3.14. The van der Waals surface area contributed by atoms with Gasteiger partial charge in [-0.1, -0.05) is 18.2 Å². The Balaban J connectivity index is 2.29. The molecule has 0 heterocycles. The number of halogens is 3. The molecule has 136 valence electrons. The van der Waals surface area contributed by atoms with Crippen LogP contribution in [0.2, 0.25) is 0 Å². The fraction of sp³-hybridized carbons (Fsp3) is 0.125. The van der Waals surface area contributed by atoms with Crippen molar-refractivity contribution in [3.63, 3.8) is 0 Å². The second kappa shape index (κ2) is 7.45. The minimum absolute atomic E-state index is 0.115. The first-order valence-corrected chi connectivity index (χ1v) is 8.58. The summed E-state index contributed by atoms with van der Waals surface area (Å²) in [5.41, 5.74) is -0.338. The molecule has 0 atom stereocenters. The maximum atomic E-state index is 12.4. The predicted molar refractivity (Wildman–Crippen MR) is 86.8 cm³/mol. The minimum atomic E-state index is -4.60. The van der Waals surface area contributed by atoms with Crippen molar-refractivity contribution in [1.82, 2.24) is 5.32 Å². The average Bonchev–Trinajstić information content (AvgIpc) is 2.59. The van der Waals surface area contributed by atoms with E-state index >= 15 is 0 Å². The predicted octanol–water partition coefficient (Wildman–Crippen LogP) is 2.65. The van der Waals surface area contributed by atoms with Crippen LogP contribution in [0.1, 0.15) is 15.9 Å². The smallest absolute Gasteiger partial charge is 0.343 e. The molecule has 0 saturated carbocycles. The van der Waals surface area contributed by atoms with Gasteiger partial charge in [0.2, 0.25) is 0 Å². The molecule has 10 heteroatoms. The third-order valence-corrected chi connectivity index (χ3v) is 4.50. The zero-order valence-electron chi connectivity index (χ0n) is 13.0. The second-order valence-corrected chi connectivity index (χ2v) is 6.77. The van der Waals surface area contributed by atoms with Gasteiger partial charge in [0.05, 0.1) is 27.8 Å². The fourth-order valence-corrected chi connectivity index (χ4v) is 3.11. The molecule has 2 aromatic rings. The number of nitrogens with zero attached hydrogens (tertiary/aromatic N) is 1. The summed E-state index contributed by atoms with van der Waals surface area (Å²) >= 11 is 0. The molecule has 6 nitrogen and oxygen atoms in total. The maximum Gasteiger partial charge on any atom is 0.405 e. The van der Waals surface area contributed by atoms with Gasteiger partial charge in [0.15, 0.2) is 0 Å². The van der Waals surface area contributed by atoms with E-state index in [4.69, 9.17) is 5.26 Å². The minimum Gasteiger partial charge on any atom is -0.343 e. The van der Waals surface area contributed by atoms with E-state index in [0.29, 0.717) is 0 Å². The summed E-state index contributed by atoms with van der Waals surface area (Å²) in [4.78, 5) is 11.7. The highest BCUT2D eigenvalue weighted by molar-refractivity contribution is 7.92. The van der Waals surface area contributed by atoms with Crippen molar-refractivity contribution in [2.24, 2.45) is 0 Å². The lowest BCUT2D eigenvalue weighted by Crippen LogP contribution is -2.34. The van der Waals surface area contributed by atoms with Crippen molar-refractivity contribution < 1.29 is 26.4 Å². The van der Waals surface area contributed by atoms with Crippen LogP contribution in [0.5, 0.6) is 0 Å². The summed E-state index contributed by atoms with van der Waals surface area (Å²) in [5, 5.41) is 10.5. The molecule has 0 spiro atoms. The van der Waals surface area contributed by atoms with Gasteiger partial charge in [-0.25, -0.2) is 8.42 Å². The highest BCUT2D eigenvalue weighted by Crippen LogP contribution is 2.21. The van der Waals surface area contributed by atoms with Crippen LogP contribution in [0, 0.1) is 11.3 Å². The Morgan fingerprint density at radius 3 is 2.46 bits per heavy atom. The largest absolute Gasteiger partial charge is 0.405 e. The Morgan fingerprint density at radius 1 is 1.12 bits per heavy atom. The number of anilines is 1. The summed E-state index contributed by atoms with van der Waals surface area (Å²) in [6.45, 7) is -1.54. The van der Waals surface area contributed by atoms with E-state index in [9.17, 15) is 26.4 Å². The maximum absolute atomic E-state index is 12.4.